The van der Waals surface area contributed by atoms with E-state index in [0.29, 0.717) is 16.8 Å². The normalized spacial score (nSPS) is 10.3. The van der Waals surface area contributed by atoms with E-state index in [1.165, 1.54) is 12.1 Å². The first-order valence-corrected chi connectivity index (χ1v) is 8.97. The molecule has 146 valence electrons. The molecule has 3 N–H and O–H groups in total. The molecule has 0 aliphatic rings. The quantitative estimate of drug-likeness (QED) is 0.599. The number of rotatable bonds is 5. The summed E-state index contributed by atoms with van der Waals surface area (Å²) >= 11 is 0. The van der Waals surface area contributed by atoms with Crippen LogP contribution < -0.4 is 10.6 Å². The molecular weight excluding hydrogens is 368 g/mol. The Labute approximate surface area is 168 Å². The highest BCUT2D eigenvalue weighted by molar-refractivity contribution is 6.08. The molecule has 0 saturated carbocycles. The van der Waals surface area contributed by atoms with E-state index in [1.54, 1.807) is 42.5 Å². The largest absolute Gasteiger partial charge is 0.478 e. The van der Waals surface area contributed by atoms with E-state index >= 15 is 0 Å². The maximum absolute atomic E-state index is 12.4. The van der Waals surface area contributed by atoms with Gasteiger partial charge in [0.15, 0.2) is 0 Å². The van der Waals surface area contributed by atoms with E-state index in [1.807, 2.05) is 26.0 Å². The summed E-state index contributed by atoms with van der Waals surface area (Å²) in [6.07, 6.45) is 0. The van der Waals surface area contributed by atoms with Crippen LogP contribution in [0.3, 0.4) is 0 Å². The van der Waals surface area contributed by atoms with Crippen molar-refractivity contribution in [1.29, 1.82) is 0 Å². The minimum absolute atomic E-state index is 0.0122. The van der Waals surface area contributed by atoms with Gasteiger partial charge in [-0.1, -0.05) is 18.2 Å². The summed E-state index contributed by atoms with van der Waals surface area (Å²) in [7, 11) is 0. The Balaban J connectivity index is 1.70. The lowest BCUT2D eigenvalue weighted by atomic mass is 10.1. The lowest BCUT2D eigenvalue weighted by molar-refractivity contribution is 0.0697. The van der Waals surface area contributed by atoms with Crippen molar-refractivity contribution in [2.45, 2.75) is 13.8 Å². The molecule has 0 aromatic heterocycles. The minimum Gasteiger partial charge on any atom is -0.478 e. The monoisotopic (exact) mass is 388 g/mol. The lowest BCUT2D eigenvalue weighted by Crippen LogP contribution is -2.15. The molecule has 0 bridgehead atoms. The maximum Gasteiger partial charge on any atom is 0.337 e. The fourth-order valence-corrected chi connectivity index (χ4v) is 2.76. The van der Waals surface area contributed by atoms with E-state index in [0.717, 1.165) is 11.1 Å². The number of amides is 2. The first-order valence-electron chi connectivity index (χ1n) is 8.97. The third kappa shape index (κ3) is 4.68. The average Bonchev–Trinajstić information content (AvgIpc) is 2.70. The van der Waals surface area contributed by atoms with E-state index < -0.39 is 11.9 Å². The Morgan fingerprint density at radius 2 is 1.34 bits per heavy atom. The molecular formula is C23H20N2O4. The second kappa shape index (κ2) is 8.39. The smallest absolute Gasteiger partial charge is 0.337 e. The number of nitrogens with one attached hydrogen (secondary N) is 2. The number of hydrogen-bond donors (Lipinski definition) is 3. The third-order valence-corrected chi connectivity index (χ3v) is 4.58. The number of aromatic carboxylic acids is 1. The van der Waals surface area contributed by atoms with Crippen molar-refractivity contribution in [2.24, 2.45) is 0 Å². The van der Waals surface area contributed by atoms with Crippen LogP contribution in [-0.2, 0) is 0 Å². The number of aryl methyl sites for hydroxylation is 2. The number of carboxylic acid groups (broad SMARTS) is 1. The highest BCUT2D eigenvalue weighted by atomic mass is 16.4. The van der Waals surface area contributed by atoms with Gasteiger partial charge in [-0.25, -0.2) is 4.79 Å². The van der Waals surface area contributed by atoms with Crippen molar-refractivity contribution >= 4 is 29.2 Å². The third-order valence-electron chi connectivity index (χ3n) is 4.58. The van der Waals surface area contributed by atoms with Gasteiger partial charge in [-0.05, 0) is 73.5 Å². The number of carboxylic acids is 1. The fraction of sp³-hybridized carbons (Fsp3) is 0.0870. The standard InChI is InChI=1S/C23H20N2O4/c1-14-7-8-17(13-15(14)2)22(27)24-18-11-9-16(10-12-18)21(26)25-20-6-4-3-5-19(20)23(28)29/h3-13H,1-2H3,(H,24,27)(H,25,26)(H,28,29). The van der Waals surface area contributed by atoms with E-state index in [9.17, 15) is 19.5 Å². The molecule has 0 spiro atoms. The van der Waals surface area contributed by atoms with Crippen LogP contribution in [0.15, 0.2) is 66.7 Å². The van der Waals surface area contributed by atoms with Crippen LogP contribution in [0.5, 0.6) is 0 Å². The second-order valence-electron chi connectivity index (χ2n) is 6.64. The van der Waals surface area contributed by atoms with Gasteiger partial charge in [0.05, 0.1) is 11.3 Å². The van der Waals surface area contributed by atoms with E-state index in [-0.39, 0.29) is 17.2 Å². The predicted octanol–water partition coefficient (Wildman–Crippen LogP) is 4.51. The Morgan fingerprint density at radius 3 is 2.00 bits per heavy atom. The highest BCUT2D eigenvalue weighted by Gasteiger charge is 2.13. The number of benzene rings is 3. The first-order chi connectivity index (χ1) is 13.8. The molecule has 29 heavy (non-hydrogen) atoms. The molecule has 6 nitrogen and oxygen atoms in total. The molecule has 0 radical (unpaired) electrons. The number of hydrogen-bond acceptors (Lipinski definition) is 3. The summed E-state index contributed by atoms with van der Waals surface area (Å²) in [6, 6.07) is 18.0. The molecule has 0 atom stereocenters. The summed E-state index contributed by atoms with van der Waals surface area (Å²) < 4.78 is 0. The number of anilines is 2. The first kappa shape index (κ1) is 19.8. The van der Waals surface area contributed by atoms with Crippen molar-refractivity contribution in [2.75, 3.05) is 10.6 Å². The molecule has 2 amide bonds. The van der Waals surface area contributed by atoms with E-state index in [4.69, 9.17) is 0 Å². The zero-order valence-electron chi connectivity index (χ0n) is 16.0. The SMILES string of the molecule is Cc1ccc(C(=O)Nc2ccc(C(=O)Nc3ccccc3C(=O)O)cc2)cc1C. The molecule has 3 aromatic carbocycles. The second-order valence-corrected chi connectivity index (χ2v) is 6.64. The molecule has 0 heterocycles. The number of carbonyl (C=O) groups excluding carboxylic acids is 2. The maximum atomic E-state index is 12.4. The molecule has 0 unspecified atom stereocenters. The molecule has 3 aromatic rings. The van der Waals surface area contributed by atoms with Crippen LogP contribution in [0.1, 0.15) is 42.2 Å². The van der Waals surface area contributed by atoms with Gasteiger partial charge in [-0.15, -0.1) is 0 Å². The predicted molar refractivity (Wildman–Crippen MR) is 112 cm³/mol. The van der Waals surface area contributed by atoms with Gasteiger partial charge < -0.3 is 15.7 Å². The molecule has 6 heteroatoms. The summed E-state index contributed by atoms with van der Waals surface area (Å²) in [5.74, 6) is -1.79. The minimum atomic E-state index is -1.12. The Hall–Kier alpha value is -3.93. The van der Waals surface area contributed by atoms with Crippen LogP contribution in [0.25, 0.3) is 0 Å². The van der Waals surface area contributed by atoms with Crippen LogP contribution in [-0.4, -0.2) is 22.9 Å². The molecule has 0 saturated heterocycles. The van der Waals surface area contributed by atoms with Crippen LogP contribution in [0.4, 0.5) is 11.4 Å². The number of carbonyl (C=O) groups is 3. The lowest BCUT2D eigenvalue weighted by Gasteiger charge is -2.10. The van der Waals surface area contributed by atoms with Gasteiger partial charge in [0, 0.05) is 16.8 Å². The molecule has 0 aliphatic carbocycles. The van der Waals surface area contributed by atoms with Gasteiger partial charge >= 0.3 is 5.97 Å². The van der Waals surface area contributed by atoms with Crippen molar-refractivity contribution in [3.63, 3.8) is 0 Å². The Kier molecular flexibility index (Phi) is 5.74. The van der Waals surface area contributed by atoms with Crippen molar-refractivity contribution in [3.05, 3.63) is 94.5 Å². The summed E-state index contributed by atoms with van der Waals surface area (Å²) in [5.41, 5.74) is 3.83. The molecule has 3 rings (SSSR count). The number of para-hydroxylation sites is 1. The summed E-state index contributed by atoms with van der Waals surface area (Å²) in [5, 5.41) is 14.6. The molecule has 0 fully saturated rings. The topological polar surface area (TPSA) is 95.5 Å². The fourth-order valence-electron chi connectivity index (χ4n) is 2.76. The van der Waals surface area contributed by atoms with Crippen LogP contribution in [0, 0.1) is 13.8 Å². The highest BCUT2D eigenvalue weighted by Crippen LogP contribution is 2.18. The summed E-state index contributed by atoms with van der Waals surface area (Å²) in [6.45, 7) is 3.93. The van der Waals surface area contributed by atoms with Gasteiger partial charge in [0.25, 0.3) is 11.8 Å². The van der Waals surface area contributed by atoms with E-state index in [2.05, 4.69) is 10.6 Å². The average molecular weight is 388 g/mol. The van der Waals surface area contributed by atoms with Crippen molar-refractivity contribution in [1.82, 2.24) is 0 Å². The van der Waals surface area contributed by atoms with Crippen LogP contribution >= 0.6 is 0 Å². The zero-order valence-corrected chi connectivity index (χ0v) is 16.0. The van der Waals surface area contributed by atoms with Gasteiger partial charge in [-0.2, -0.15) is 0 Å². The zero-order chi connectivity index (χ0) is 21.0. The Bertz CT molecular complexity index is 1090. The van der Waals surface area contributed by atoms with Gasteiger partial charge in [0.1, 0.15) is 0 Å². The van der Waals surface area contributed by atoms with Crippen LogP contribution in [0.2, 0.25) is 0 Å². The summed E-state index contributed by atoms with van der Waals surface area (Å²) in [4.78, 5) is 36.1. The van der Waals surface area contributed by atoms with Gasteiger partial charge in [-0.3, -0.25) is 9.59 Å². The molecule has 0 aliphatic heterocycles. The van der Waals surface area contributed by atoms with Crippen molar-refractivity contribution in [3.8, 4) is 0 Å². The van der Waals surface area contributed by atoms with Gasteiger partial charge in [0.2, 0.25) is 0 Å². The van der Waals surface area contributed by atoms with Crippen molar-refractivity contribution < 1.29 is 19.5 Å². The Morgan fingerprint density at radius 1 is 0.724 bits per heavy atom.